The van der Waals surface area contributed by atoms with Crippen molar-refractivity contribution >= 4 is 11.6 Å². The zero-order chi connectivity index (χ0) is 18.1. The molecule has 1 amide bonds. The van der Waals surface area contributed by atoms with Crippen LogP contribution in [0.2, 0.25) is 0 Å². The number of amides is 1. The Morgan fingerprint density at radius 3 is 2.58 bits per heavy atom. The van der Waals surface area contributed by atoms with Gasteiger partial charge in [-0.05, 0) is 48.5 Å². The fraction of sp³-hybridized carbons (Fsp3) is 0.158. The molecule has 2 heterocycles. The zero-order valence-electron chi connectivity index (χ0n) is 13.6. The van der Waals surface area contributed by atoms with Crippen LogP contribution in [-0.2, 0) is 4.79 Å². The van der Waals surface area contributed by atoms with Crippen LogP contribution in [0, 0.1) is 17.1 Å². The van der Waals surface area contributed by atoms with Gasteiger partial charge in [0.1, 0.15) is 5.82 Å². The Morgan fingerprint density at radius 1 is 1.15 bits per heavy atom. The molecule has 4 rings (SSSR count). The Kier molecular flexibility index (Phi) is 3.93. The second kappa shape index (κ2) is 6.41. The maximum absolute atomic E-state index is 13.1. The molecule has 7 heteroatoms. The van der Waals surface area contributed by atoms with E-state index in [2.05, 4.69) is 16.2 Å². The fourth-order valence-electron chi connectivity index (χ4n) is 2.96. The Labute approximate surface area is 148 Å². The van der Waals surface area contributed by atoms with E-state index in [1.165, 1.54) is 12.1 Å². The smallest absolute Gasteiger partial charge is 0.257 e. The number of hydrogen-bond donors (Lipinski definition) is 0. The first kappa shape index (κ1) is 16.0. The molecule has 1 aliphatic rings. The molecule has 1 atom stereocenters. The van der Waals surface area contributed by atoms with Crippen LogP contribution in [0.5, 0.6) is 0 Å². The first-order valence-electron chi connectivity index (χ1n) is 8.04. The van der Waals surface area contributed by atoms with Gasteiger partial charge in [-0.1, -0.05) is 5.16 Å². The molecule has 0 N–H and O–H groups in total. The highest BCUT2D eigenvalue weighted by Gasteiger charge is 2.34. The van der Waals surface area contributed by atoms with Crippen LogP contribution in [0.3, 0.4) is 0 Å². The molecule has 1 fully saturated rings. The van der Waals surface area contributed by atoms with Crippen molar-refractivity contribution in [2.24, 2.45) is 0 Å². The summed E-state index contributed by atoms with van der Waals surface area (Å²) in [6, 6.07) is 14.7. The lowest BCUT2D eigenvalue weighted by Gasteiger charge is -2.15. The Balaban J connectivity index is 1.53. The van der Waals surface area contributed by atoms with E-state index in [0.717, 1.165) is 0 Å². The molecule has 6 nitrogen and oxygen atoms in total. The molecule has 2 aromatic carbocycles. The van der Waals surface area contributed by atoms with E-state index in [0.29, 0.717) is 35.1 Å². The number of rotatable bonds is 3. The number of anilines is 1. The van der Waals surface area contributed by atoms with Gasteiger partial charge in [-0.2, -0.15) is 10.2 Å². The van der Waals surface area contributed by atoms with Crippen molar-refractivity contribution < 1.29 is 13.7 Å². The highest BCUT2D eigenvalue weighted by molar-refractivity contribution is 5.96. The molecular weight excluding hydrogens is 335 g/mol. The maximum Gasteiger partial charge on any atom is 0.257 e. The molecule has 0 saturated carbocycles. The average molecular weight is 348 g/mol. The molecule has 26 heavy (non-hydrogen) atoms. The summed E-state index contributed by atoms with van der Waals surface area (Å²) in [6.07, 6.45) is 0.268. The van der Waals surface area contributed by atoms with Gasteiger partial charge in [-0.25, -0.2) is 4.39 Å². The molecule has 0 bridgehead atoms. The molecule has 3 aromatic rings. The quantitative estimate of drug-likeness (QED) is 0.725. The van der Waals surface area contributed by atoms with Crippen molar-refractivity contribution in [3.05, 3.63) is 65.7 Å². The van der Waals surface area contributed by atoms with Crippen molar-refractivity contribution in [3.63, 3.8) is 0 Å². The maximum atomic E-state index is 13.1. The summed E-state index contributed by atoms with van der Waals surface area (Å²) in [6.45, 7) is 0.414. The lowest BCUT2D eigenvalue weighted by molar-refractivity contribution is -0.117. The second-order valence-corrected chi connectivity index (χ2v) is 6.03. The number of nitriles is 1. The van der Waals surface area contributed by atoms with E-state index in [-0.39, 0.29) is 24.1 Å². The Bertz CT molecular complexity index is 990. The number of carbonyl (C=O) groups excluding carboxylic acids is 1. The highest BCUT2D eigenvalue weighted by atomic mass is 19.1. The van der Waals surface area contributed by atoms with Gasteiger partial charge in [-0.15, -0.1) is 0 Å². The minimum absolute atomic E-state index is 0.0636. The normalized spacial score (nSPS) is 16.7. The summed E-state index contributed by atoms with van der Waals surface area (Å²) < 4.78 is 18.4. The van der Waals surface area contributed by atoms with Crippen LogP contribution in [0.25, 0.3) is 11.5 Å². The van der Waals surface area contributed by atoms with E-state index in [9.17, 15) is 9.18 Å². The van der Waals surface area contributed by atoms with E-state index < -0.39 is 0 Å². The fourth-order valence-corrected chi connectivity index (χ4v) is 2.96. The van der Waals surface area contributed by atoms with Crippen LogP contribution in [0.15, 0.2) is 53.1 Å². The summed E-state index contributed by atoms with van der Waals surface area (Å²) in [7, 11) is 0. The van der Waals surface area contributed by atoms with Crippen LogP contribution in [0.4, 0.5) is 10.1 Å². The average Bonchev–Trinajstić information content (AvgIpc) is 3.29. The Hall–Kier alpha value is -3.53. The summed E-state index contributed by atoms with van der Waals surface area (Å²) >= 11 is 0. The van der Waals surface area contributed by atoms with Gasteiger partial charge in [0.05, 0.1) is 11.6 Å². The van der Waals surface area contributed by atoms with Crippen LogP contribution in [-0.4, -0.2) is 22.6 Å². The number of benzene rings is 2. The number of hydrogen-bond acceptors (Lipinski definition) is 5. The molecule has 128 valence electrons. The van der Waals surface area contributed by atoms with Gasteiger partial charge in [0.2, 0.25) is 5.91 Å². The molecule has 0 spiro atoms. The molecule has 1 aromatic heterocycles. The van der Waals surface area contributed by atoms with Crippen molar-refractivity contribution in [2.45, 2.75) is 12.3 Å². The lowest BCUT2D eigenvalue weighted by atomic mass is 10.1. The van der Waals surface area contributed by atoms with Crippen molar-refractivity contribution in [3.8, 4) is 17.5 Å². The molecule has 0 unspecified atom stereocenters. The van der Waals surface area contributed by atoms with Gasteiger partial charge in [0, 0.05) is 30.1 Å². The van der Waals surface area contributed by atoms with E-state index >= 15 is 0 Å². The molecule has 1 saturated heterocycles. The molecule has 1 aliphatic heterocycles. The van der Waals surface area contributed by atoms with Crippen LogP contribution in [0.1, 0.15) is 23.7 Å². The van der Waals surface area contributed by atoms with Gasteiger partial charge in [0.15, 0.2) is 5.82 Å². The molecule has 0 aliphatic carbocycles. The van der Waals surface area contributed by atoms with Gasteiger partial charge >= 0.3 is 0 Å². The second-order valence-electron chi connectivity index (χ2n) is 6.03. The summed E-state index contributed by atoms with van der Waals surface area (Å²) in [4.78, 5) is 18.3. The minimum atomic E-state index is -0.345. The standard InChI is InChI=1S/C19H13FN4O2/c20-15-5-7-16(8-6-15)24-11-14(9-17(24)25)18-22-19(26-23-18)13-3-1-12(10-21)2-4-13/h1-8,14H,9,11H2/t14-/m1/s1. The third kappa shape index (κ3) is 2.93. The van der Waals surface area contributed by atoms with Gasteiger partial charge < -0.3 is 9.42 Å². The first-order chi connectivity index (χ1) is 12.6. The number of aromatic nitrogens is 2. The monoisotopic (exact) mass is 348 g/mol. The van der Waals surface area contributed by atoms with Crippen molar-refractivity contribution in [1.29, 1.82) is 5.26 Å². The topological polar surface area (TPSA) is 83.0 Å². The number of carbonyl (C=O) groups is 1. The number of halogens is 1. The number of nitrogens with zero attached hydrogens (tertiary/aromatic N) is 4. The van der Waals surface area contributed by atoms with E-state index in [1.54, 1.807) is 41.3 Å². The van der Waals surface area contributed by atoms with Gasteiger partial charge in [0.25, 0.3) is 5.89 Å². The van der Waals surface area contributed by atoms with Crippen molar-refractivity contribution in [2.75, 3.05) is 11.4 Å². The van der Waals surface area contributed by atoms with Crippen LogP contribution < -0.4 is 4.90 Å². The lowest BCUT2D eigenvalue weighted by Crippen LogP contribution is -2.24. The van der Waals surface area contributed by atoms with Gasteiger partial charge in [-0.3, -0.25) is 4.79 Å². The van der Waals surface area contributed by atoms with E-state index in [4.69, 9.17) is 9.78 Å². The predicted octanol–water partition coefficient (Wildman–Crippen LogP) is 3.27. The third-order valence-corrected chi connectivity index (χ3v) is 4.33. The Morgan fingerprint density at radius 2 is 1.88 bits per heavy atom. The van der Waals surface area contributed by atoms with E-state index in [1.807, 2.05) is 0 Å². The molecule has 0 radical (unpaired) electrons. The zero-order valence-corrected chi connectivity index (χ0v) is 13.6. The summed E-state index contributed by atoms with van der Waals surface area (Å²) in [5.74, 6) is 0.205. The predicted molar refractivity (Wildman–Crippen MR) is 90.6 cm³/mol. The third-order valence-electron chi connectivity index (χ3n) is 4.33. The highest BCUT2D eigenvalue weighted by Crippen LogP contribution is 2.31. The SMILES string of the molecule is N#Cc1ccc(-c2nc([C@@H]3CC(=O)N(c4ccc(F)cc4)C3)no2)cc1. The largest absolute Gasteiger partial charge is 0.334 e. The van der Waals surface area contributed by atoms with Crippen LogP contribution >= 0.6 is 0 Å². The summed E-state index contributed by atoms with van der Waals surface area (Å²) in [5.41, 5.74) is 1.90. The molecular formula is C19H13FN4O2. The summed E-state index contributed by atoms with van der Waals surface area (Å²) in [5, 5.41) is 12.9. The minimum Gasteiger partial charge on any atom is -0.334 e. The first-order valence-corrected chi connectivity index (χ1v) is 8.04. The van der Waals surface area contributed by atoms with Crippen molar-refractivity contribution in [1.82, 2.24) is 10.1 Å².